The van der Waals surface area contributed by atoms with Crippen LogP contribution in [0.3, 0.4) is 0 Å². The van der Waals surface area contributed by atoms with E-state index < -0.39 is 9.05 Å². The molecule has 0 N–H and O–H groups in total. The summed E-state index contributed by atoms with van der Waals surface area (Å²) in [6, 6.07) is 6.27. The lowest BCUT2D eigenvalue weighted by Crippen LogP contribution is -2.01. The van der Waals surface area contributed by atoms with Gasteiger partial charge in [0.15, 0.2) is 0 Å². The lowest BCUT2D eigenvalue weighted by molar-refractivity contribution is 0.609. The molecule has 0 fully saturated rings. The van der Waals surface area contributed by atoms with Crippen molar-refractivity contribution in [1.82, 2.24) is 0 Å². The van der Waals surface area contributed by atoms with E-state index in [1.807, 2.05) is 6.07 Å². The molecule has 1 unspecified atom stereocenters. The Labute approximate surface area is 101 Å². The molecule has 0 saturated carbocycles. The van der Waals surface area contributed by atoms with Gasteiger partial charge in [0.1, 0.15) is 0 Å². The van der Waals surface area contributed by atoms with E-state index in [1.54, 1.807) is 0 Å². The Morgan fingerprint density at radius 3 is 2.88 bits per heavy atom. The van der Waals surface area contributed by atoms with Crippen molar-refractivity contribution < 1.29 is 8.42 Å². The molecule has 1 aromatic rings. The summed E-state index contributed by atoms with van der Waals surface area (Å²) in [5.41, 5.74) is 3.85. The van der Waals surface area contributed by atoms with Crippen LogP contribution in [0.2, 0.25) is 0 Å². The molecule has 0 aromatic heterocycles. The molecule has 0 spiro atoms. The maximum absolute atomic E-state index is 10.9. The number of hydrogen-bond acceptors (Lipinski definition) is 2. The smallest absolute Gasteiger partial charge is 0.212 e. The highest BCUT2D eigenvalue weighted by Crippen LogP contribution is 2.33. The number of benzene rings is 1. The van der Waals surface area contributed by atoms with E-state index >= 15 is 0 Å². The summed E-state index contributed by atoms with van der Waals surface area (Å²) in [5, 5.41) is 0. The summed E-state index contributed by atoms with van der Waals surface area (Å²) in [7, 11) is 1.82. The molecule has 0 aliphatic heterocycles. The van der Waals surface area contributed by atoms with Crippen LogP contribution in [0, 0.1) is 0 Å². The molecule has 4 heteroatoms. The van der Waals surface area contributed by atoms with Crippen molar-refractivity contribution in [2.45, 2.75) is 32.1 Å². The third-order valence-corrected chi connectivity index (χ3v) is 4.38. The normalized spacial score (nSPS) is 19.8. The topological polar surface area (TPSA) is 34.1 Å². The van der Waals surface area contributed by atoms with E-state index in [4.69, 9.17) is 10.7 Å². The van der Waals surface area contributed by atoms with Crippen LogP contribution < -0.4 is 0 Å². The van der Waals surface area contributed by atoms with Crippen LogP contribution in [-0.4, -0.2) is 14.2 Å². The van der Waals surface area contributed by atoms with Crippen LogP contribution in [0.5, 0.6) is 0 Å². The predicted molar refractivity (Wildman–Crippen MR) is 66.5 cm³/mol. The number of hydrogen-bond donors (Lipinski definition) is 0. The van der Waals surface area contributed by atoms with E-state index in [1.165, 1.54) is 17.5 Å². The first kappa shape index (κ1) is 11.9. The second-order valence-electron chi connectivity index (χ2n) is 4.47. The van der Waals surface area contributed by atoms with Gasteiger partial charge in [0.25, 0.3) is 0 Å². The summed E-state index contributed by atoms with van der Waals surface area (Å²) in [5.74, 6) is 0.615. The predicted octanol–water partition coefficient (Wildman–Crippen LogP) is 2.85. The van der Waals surface area contributed by atoms with E-state index in [9.17, 15) is 8.42 Å². The second-order valence-corrected chi connectivity index (χ2v) is 7.36. The van der Waals surface area contributed by atoms with Gasteiger partial charge in [-0.05, 0) is 41.9 Å². The maximum atomic E-state index is 10.9. The lowest BCUT2D eigenvalue weighted by Gasteiger charge is -2.07. The summed E-state index contributed by atoms with van der Waals surface area (Å²) < 4.78 is 21.7. The van der Waals surface area contributed by atoms with E-state index in [0.717, 1.165) is 12.0 Å². The maximum Gasteiger partial charge on any atom is 0.232 e. The molecule has 88 valence electrons. The van der Waals surface area contributed by atoms with Gasteiger partial charge in [0.2, 0.25) is 9.05 Å². The summed E-state index contributed by atoms with van der Waals surface area (Å²) in [4.78, 5) is 0. The zero-order chi connectivity index (χ0) is 11.8. The molecular formula is C12H15ClO2S. The fourth-order valence-corrected chi connectivity index (χ4v) is 2.96. The van der Waals surface area contributed by atoms with E-state index in [-0.39, 0.29) is 5.75 Å². The number of aryl methyl sites for hydroxylation is 2. The van der Waals surface area contributed by atoms with Gasteiger partial charge in [-0.1, -0.05) is 25.1 Å². The molecule has 0 radical (unpaired) electrons. The van der Waals surface area contributed by atoms with Gasteiger partial charge in [-0.25, -0.2) is 8.42 Å². The summed E-state index contributed by atoms with van der Waals surface area (Å²) in [6.45, 7) is 2.22. The van der Waals surface area contributed by atoms with Crippen LogP contribution >= 0.6 is 10.7 Å². The van der Waals surface area contributed by atoms with Gasteiger partial charge in [-0.15, -0.1) is 0 Å². The average Bonchev–Trinajstić information content (AvgIpc) is 2.56. The van der Waals surface area contributed by atoms with Crippen LogP contribution in [0.1, 0.15) is 36.0 Å². The van der Waals surface area contributed by atoms with Gasteiger partial charge in [0.05, 0.1) is 5.75 Å². The van der Waals surface area contributed by atoms with Crippen LogP contribution in [0.15, 0.2) is 18.2 Å². The van der Waals surface area contributed by atoms with Gasteiger partial charge in [0, 0.05) is 10.7 Å². The van der Waals surface area contributed by atoms with Crippen molar-refractivity contribution in [2.24, 2.45) is 0 Å². The molecule has 1 atom stereocenters. The monoisotopic (exact) mass is 258 g/mol. The number of rotatable bonds is 3. The number of halogens is 1. The van der Waals surface area contributed by atoms with Crippen molar-refractivity contribution in [3.63, 3.8) is 0 Å². The Bertz CT molecular complexity index is 494. The largest absolute Gasteiger partial charge is 0.232 e. The molecule has 1 aliphatic carbocycles. The molecule has 0 amide bonds. The Kier molecular flexibility index (Phi) is 3.27. The highest BCUT2D eigenvalue weighted by molar-refractivity contribution is 8.13. The van der Waals surface area contributed by atoms with Crippen LogP contribution in [-0.2, 0) is 21.9 Å². The minimum atomic E-state index is -3.38. The standard InChI is InChI=1S/C12H15ClO2S/c1-9-2-4-11-5-3-10(8-12(9)11)6-7-16(13,14)15/h3,5,8-9H,2,4,6-7H2,1H3. The number of fused-ring (bicyclic) bond motifs is 1. The minimum Gasteiger partial charge on any atom is -0.212 e. The zero-order valence-corrected chi connectivity index (χ0v) is 10.8. The van der Waals surface area contributed by atoms with Crippen LogP contribution in [0.4, 0.5) is 0 Å². The fourth-order valence-electron chi connectivity index (χ4n) is 2.25. The summed E-state index contributed by atoms with van der Waals surface area (Å²) >= 11 is 0. The zero-order valence-electron chi connectivity index (χ0n) is 9.24. The van der Waals surface area contributed by atoms with Crippen molar-refractivity contribution in [2.75, 3.05) is 5.75 Å². The van der Waals surface area contributed by atoms with E-state index in [2.05, 4.69) is 19.1 Å². The Balaban J connectivity index is 2.16. The van der Waals surface area contributed by atoms with Crippen molar-refractivity contribution in [3.8, 4) is 0 Å². The van der Waals surface area contributed by atoms with Crippen LogP contribution in [0.25, 0.3) is 0 Å². The summed E-state index contributed by atoms with van der Waals surface area (Å²) in [6.07, 6.45) is 2.85. The molecular weight excluding hydrogens is 244 g/mol. The Hall–Kier alpha value is -0.540. The molecule has 1 aromatic carbocycles. The average molecular weight is 259 g/mol. The van der Waals surface area contributed by atoms with Gasteiger partial charge >= 0.3 is 0 Å². The third-order valence-electron chi connectivity index (χ3n) is 3.22. The molecule has 0 bridgehead atoms. The molecule has 2 nitrogen and oxygen atoms in total. The Morgan fingerprint density at radius 1 is 1.44 bits per heavy atom. The Morgan fingerprint density at radius 2 is 2.19 bits per heavy atom. The lowest BCUT2D eigenvalue weighted by atomic mass is 10.00. The fraction of sp³-hybridized carbons (Fsp3) is 0.500. The first-order chi connectivity index (χ1) is 7.46. The molecule has 0 saturated heterocycles. The highest BCUT2D eigenvalue weighted by Gasteiger charge is 2.18. The van der Waals surface area contributed by atoms with Crippen molar-refractivity contribution in [3.05, 3.63) is 34.9 Å². The highest BCUT2D eigenvalue weighted by atomic mass is 35.7. The van der Waals surface area contributed by atoms with Gasteiger partial charge in [-0.2, -0.15) is 0 Å². The quantitative estimate of drug-likeness (QED) is 0.782. The molecule has 2 rings (SSSR count). The molecule has 16 heavy (non-hydrogen) atoms. The van der Waals surface area contributed by atoms with Gasteiger partial charge in [-0.3, -0.25) is 0 Å². The van der Waals surface area contributed by atoms with Crippen molar-refractivity contribution in [1.29, 1.82) is 0 Å². The molecule has 0 heterocycles. The van der Waals surface area contributed by atoms with E-state index in [0.29, 0.717) is 12.3 Å². The van der Waals surface area contributed by atoms with Gasteiger partial charge < -0.3 is 0 Å². The molecule has 1 aliphatic rings. The third kappa shape index (κ3) is 2.77. The van der Waals surface area contributed by atoms with Crippen molar-refractivity contribution >= 4 is 19.7 Å². The minimum absolute atomic E-state index is 0.0156. The second kappa shape index (κ2) is 4.38. The first-order valence-electron chi connectivity index (χ1n) is 5.50. The SMILES string of the molecule is CC1CCc2ccc(CCS(=O)(=O)Cl)cc21. The first-order valence-corrected chi connectivity index (χ1v) is 7.97.